The number of aryl methyl sites for hydroxylation is 1. The number of nitrogens with zero attached hydrogens (tertiary/aromatic N) is 1. The van der Waals surface area contributed by atoms with Crippen molar-refractivity contribution in [2.75, 3.05) is 0 Å². The van der Waals surface area contributed by atoms with Crippen LogP contribution in [-0.2, 0) is 6.42 Å². The maximum atomic E-state index is 5.83. The van der Waals surface area contributed by atoms with Crippen LogP contribution < -0.4 is 0 Å². The first-order valence-electron chi connectivity index (χ1n) is 7.24. The first kappa shape index (κ1) is 15.5. The Hall–Kier alpha value is -1.57. The van der Waals surface area contributed by atoms with E-state index in [1.165, 1.54) is 5.57 Å². The Morgan fingerprint density at radius 1 is 1.37 bits per heavy atom. The molecule has 1 aliphatic carbocycles. The van der Waals surface area contributed by atoms with Gasteiger partial charge in [-0.3, -0.25) is 0 Å². The van der Waals surface area contributed by atoms with Crippen LogP contribution in [0.15, 0.2) is 28.2 Å². The molecule has 1 aromatic rings. The van der Waals surface area contributed by atoms with Crippen LogP contribution in [0.1, 0.15) is 64.8 Å². The fraction of sp³-hybridized carbons (Fsp3) is 0.471. The number of aromatic nitrogens is 1. The van der Waals surface area contributed by atoms with Crippen molar-refractivity contribution in [2.24, 2.45) is 0 Å². The summed E-state index contributed by atoms with van der Waals surface area (Å²) in [5.41, 5.74) is 3.45. The monoisotopic (exact) mass is 259 g/mol. The molecule has 0 amide bonds. The summed E-state index contributed by atoms with van der Waals surface area (Å²) in [6.45, 7) is 10.3. The van der Waals surface area contributed by atoms with Crippen molar-refractivity contribution >= 4 is 11.6 Å². The molecule has 2 heteroatoms. The van der Waals surface area contributed by atoms with Crippen LogP contribution in [0.5, 0.6) is 0 Å². The van der Waals surface area contributed by atoms with Crippen LogP contribution in [0.25, 0.3) is 11.6 Å². The summed E-state index contributed by atoms with van der Waals surface area (Å²) >= 11 is 0. The normalized spacial score (nSPS) is 14.8. The average molecular weight is 259 g/mol. The zero-order chi connectivity index (χ0) is 14.3. The average Bonchev–Trinajstić information content (AvgIpc) is 2.84. The molecule has 104 valence electrons. The molecule has 0 N–H and O–H groups in total. The third kappa shape index (κ3) is 3.95. The molecule has 0 fully saturated rings. The molecule has 0 aromatic carbocycles. The minimum absolute atomic E-state index is 0.744. The SMILES string of the molecule is C/C=C(\C=C/CC)c1nc2c(o1)CCC(C)=C2.CC. The predicted molar refractivity (Wildman–Crippen MR) is 82.9 cm³/mol. The molecule has 1 aromatic heterocycles. The van der Waals surface area contributed by atoms with Gasteiger partial charge in [-0.2, -0.15) is 0 Å². The van der Waals surface area contributed by atoms with Crippen molar-refractivity contribution in [1.29, 1.82) is 0 Å². The van der Waals surface area contributed by atoms with E-state index in [-0.39, 0.29) is 0 Å². The van der Waals surface area contributed by atoms with Gasteiger partial charge in [-0.25, -0.2) is 4.98 Å². The van der Waals surface area contributed by atoms with Gasteiger partial charge in [-0.15, -0.1) is 0 Å². The van der Waals surface area contributed by atoms with E-state index in [0.29, 0.717) is 0 Å². The fourth-order valence-electron chi connectivity index (χ4n) is 1.93. The molecular formula is C17H25NO. The first-order valence-corrected chi connectivity index (χ1v) is 7.24. The van der Waals surface area contributed by atoms with Crippen LogP contribution in [0, 0.1) is 0 Å². The van der Waals surface area contributed by atoms with Crippen molar-refractivity contribution in [1.82, 2.24) is 4.98 Å². The quantitative estimate of drug-likeness (QED) is 0.677. The smallest absolute Gasteiger partial charge is 0.226 e. The molecule has 0 bridgehead atoms. The molecule has 2 rings (SSSR count). The van der Waals surface area contributed by atoms with E-state index in [4.69, 9.17) is 4.42 Å². The van der Waals surface area contributed by atoms with Crippen molar-refractivity contribution in [3.05, 3.63) is 41.1 Å². The lowest BCUT2D eigenvalue weighted by atomic mass is 10.0. The van der Waals surface area contributed by atoms with Crippen LogP contribution in [0.4, 0.5) is 0 Å². The lowest BCUT2D eigenvalue weighted by Crippen LogP contribution is -1.94. The Morgan fingerprint density at radius 3 is 2.74 bits per heavy atom. The predicted octanol–water partition coefficient (Wildman–Crippen LogP) is 5.42. The highest BCUT2D eigenvalue weighted by atomic mass is 16.4. The lowest BCUT2D eigenvalue weighted by molar-refractivity contribution is 0.489. The summed E-state index contributed by atoms with van der Waals surface area (Å²) in [5, 5.41) is 0. The van der Waals surface area contributed by atoms with Crippen LogP contribution in [0.2, 0.25) is 0 Å². The van der Waals surface area contributed by atoms with E-state index in [1.54, 1.807) is 0 Å². The molecule has 0 unspecified atom stereocenters. The van der Waals surface area contributed by atoms with Gasteiger partial charge in [-0.05, 0) is 32.8 Å². The van der Waals surface area contributed by atoms with E-state index in [2.05, 4.69) is 37.1 Å². The topological polar surface area (TPSA) is 26.0 Å². The standard InChI is InChI=1S/C15H19NO.C2H6/c1-4-6-7-12(5-2)15-16-13-10-11(3)8-9-14(13)17-15;1-2/h5-7,10H,4,8-9H2,1-3H3;1-2H3/b7-6-,12-5+;. The van der Waals surface area contributed by atoms with Gasteiger partial charge in [-0.1, -0.05) is 44.6 Å². The lowest BCUT2D eigenvalue weighted by Gasteiger charge is -2.05. The van der Waals surface area contributed by atoms with Gasteiger partial charge in [0.05, 0.1) is 0 Å². The summed E-state index contributed by atoms with van der Waals surface area (Å²) in [6.07, 6.45) is 11.4. The van der Waals surface area contributed by atoms with Crippen LogP contribution in [-0.4, -0.2) is 4.98 Å². The summed E-state index contributed by atoms with van der Waals surface area (Å²) in [5.74, 6) is 1.77. The van der Waals surface area contributed by atoms with Gasteiger partial charge < -0.3 is 4.42 Å². The summed E-state index contributed by atoms with van der Waals surface area (Å²) in [6, 6.07) is 0. The Morgan fingerprint density at radius 2 is 2.11 bits per heavy atom. The Balaban J connectivity index is 0.000000861. The van der Waals surface area contributed by atoms with Gasteiger partial charge in [0.1, 0.15) is 11.5 Å². The number of allylic oxidation sites excluding steroid dienone is 5. The Bertz CT molecular complexity index is 489. The first-order chi connectivity index (χ1) is 9.24. The van der Waals surface area contributed by atoms with Crippen molar-refractivity contribution < 1.29 is 4.42 Å². The molecule has 0 saturated heterocycles. The molecule has 2 nitrogen and oxygen atoms in total. The second-order valence-electron chi connectivity index (χ2n) is 4.37. The number of hydrogen-bond donors (Lipinski definition) is 0. The maximum Gasteiger partial charge on any atom is 0.226 e. The molecule has 0 atom stereocenters. The van der Waals surface area contributed by atoms with Crippen molar-refractivity contribution in [2.45, 2.75) is 53.9 Å². The van der Waals surface area contributed by atoms with E-state index < -0.39 is 0 Å². The number of hydrogen-bond acceptors (Lipinski definition) is 2. The molecule has 0 aliphatic heterocycles. The van der Waals surface area contributed by atoms with Gasteiger partial charge >= 0.3 is 0 Å². The van der Waals surface area contributed by atoms with E-state index in [1.807, 2.05) is 26.8 Å². The summed E-state index contributed by atoms with van der Waals surface area (Å²) in [7, 11) is 0. The van der Waals surface area contributed by atoms with E-state index >= 15 is 0 Å². The molecule has 0 radical (unpaired) electrons. The summed E-state index contributed by atoms with van der Waals surface area (Å²) in [4.78, 5) is 4.56. The summed E-state index contributed by atoms with van der Waals surface area (Å²) < 4.78 is 5.83. The number of oxazole rings is 1. The molecular weight excluding hydrogens is 234 g/mol. The largest absolute Gasteiger partial charge is 0.441 e. The van der Waals surface area contributed by atoms with E-state index in [0.717, 1.165) is 42.2 Å². The van der Waals surface area contributed by atoms with Crippen LogP contribution in [0.3, 0.4) is 0 Å². The molecule has 19 heavy (non-hydrogen) atoms. The highest BCUT2D eigenvalue weighted by Gasteiger charge is 2.16. The van der Waals surface area contributed by atoms with Crippen molar-refractivity contribution in [3.63, 3.8) is 0 Å². The van der Waals surface area contributed by atoms with Gasteiger partial charge in [0.15, 0.2) is 0 Å². The van der Waals surface area contributed by atoms with Crippen LogP contribution >= 0.6 is 0 Å². The van der Waals surface area contributed by atoms with Gasteiger partial charge in [0.25, 0.3) is 0 Å². The molecule has 0 spiro atoms. The highest BCUT2D eigenvalue weighted by Crippen LogP contribution is 2.27. The number of rotatable bonds is 3. The third-order valence-electron chi connectivity index (χ3n) is 2.95. The minimum Gasteiger partial charge on any atom is -0.441 e. The highest BCUT2D eigenvalue weighted by molar-refractivity contribution is 5.69. The fourth-order valence-corrected chi connectivity index (χ4v) is 1.93. The zero-order valence-electron chi connectivity index (χ0n) is 12.8. The third-order valence-corrected chi connectivity index (χ3v) is 2.95. The van der Waals surface area contributed by atoms with E-state index in [9.17, 15) is 0 Å². The number of fused-ring (bicyclic) bond motifs is 1. The Kier molecular flexibility index (Phi) is 6.34. The van der Waals surface area contributed by atoms with Gasteiger partial charge in [0, 0.05) is 12.0 Å². The minimum atomic E-state index is 0.744. The second kappa shape index (κ2) is 7.78. The second-order valence-corrected chi connectivity index (χ2v) is 4.37. The van der Waals surface area contributed by atoms with Crippen molar-refractivity contribution in [3.8, 4) is 0 Å². The molecule has 1 heterocycles. The van der Waals surface area contributed by atoms with Gasteiger partial charge in [0.2, 0.25) is 5.89 Å². The Labute approximate surface area is 116 Å². The molecule has 0 saturated carbocycles. The maximum absolute atomic E-state index is 5.83. The zero-order valence-corrected chi connectivity index (χ0v) is 12.8. The molecule has 1 aliphatic rings.